The molecule has 3 aromatic carbocycles. The molecule has 3 rings (SSSR count). The summed E-state index contributed by atoms with van der Waals surface area (Å²) in [5, 5.41) is 6.10. The molecule has 2 N–H and O–H groups in total. The Balaban J connectivity index is 1.57. The van der Waals surface area contributed by atoms with Gasteiger partial charge in [0.2, 0.25) is 0 Å². The molecular formula is C21H18N2O2S. The van der Waals surface area contributed by atoms with Crippen LogP contribution in [0, 0.1) is 6.92 Å². The Kier molecular flexibility index (Phi) is 5.61. The molecule has 0 atom stereocenters. The zero-order chi connectivity index (χ0) is 18.4. The summed E-state index contributed by atoms with van der Waals surface area (Å²) < 4.78 is 5.59. The van der Waals surface area contributed by atoms with E-state index in [9.17, 15) is 4.79 Å². The van der Waals surface area contributed by atoms with Crippen molar-refractivity contribution in [2.24, 2.45) is 0 Å². The van der Waals surface area contributed by atoms with Gasteiger partial charge < -0.3 is 15.4 Å². The predicted molar refractivity (Wildman–Crippen MR) is 109 cm³/mol. The van der Waals surface area contributed by atoms with Crippen molar-refractivity contribution in [3.05, 3.63) is 90.0 Å². The van der Waals surface area contributed by atoms with E-state index in [2.05, 4.69) is 10.6 Å². The fourth-order valence-electron chi connectivity index (χ4n) is 2.29. The number of amides is 1. The summed E-state index contributed by atoms with van der Waals surface area (Å²) in [5.41, 5.74) is 3.33. The van der Waals surface area contributed by atoms with Crippen molar-refractivity contribution in [1.29, 1.82) is 0 Å². The summed E-state index contributed by atoms with van der Waals surface area (Å²) in [4.78, 5) is 12.2. The van der Waals surface area contributed by atoms with Gasteiger partial charge in [0.15, 0.2) is 0 Å². The van der Waals surface area contributed by atoms with Crippen molar-refractivity contribution >= 4 is 34.7 Å². The van der Waals surface area contributed by atoms with Crippen LogP contribution in [-0.4, -0.2) is 11.1 Å². The Hall–Kier alpha value is -3.18. The minimum absolute atomic E-state index is 0.178. The summed E-state index contributed by atoms with van der Waals surface area (Å²) in [5.74, 6) is 0.383. The number of nitrogens with one attached hydrogen (secondary N) is 2. The maximum absolute atomic E-state index is 12.2. The number of hydrogen-bond acceptors (Lipinski definition) is 3. The molecule has 0 saturated carbocycles. The first-order chi connectivity index (χ1) is 12.6. The lowest BCUT2D eigenvalue weighted by Crippen LogP contribution is -2.16. The van der Waals surface area contributed by atoms with Crippen LogP contribution in [0.1, 0.15) is 15.9 Å². The average molecular weight is 362 g/mol. The monoisotopic (exact) mass is 362 g/mol. The quantitative estimate of drug-likeness (QED) is 0.640. The topological polar surface area (TPSA) is 50.4 Å². The third-order valence-electron chi connectivity index (χ3n) is 3.66. The average Bonchev–Trinajstić information content (AvgIpc) is 2.65. The second-order valence-electron chi connectivity index (χ2n) is 5.73. The highest BCUT2D eigenvalue weighted by Crippen LogP contribution is 2.16. The zero-order valence-electron chi connectivity index (χ0n) is 14.2. The molecule has 26 heavy (non-hydrogen) atoms. The molecule has 0 heterocycles. The van der Waals surface area contributed by atoms with Crippen LogP contribution in [0.25, 0.3) is 0 Å². The highest BCUT2D eigenvalue weighted by atomic mass is 32.1. The Labute approximate surface area is 157 Å². The molecule has 130 valence electrons. The van der Waals surface area contributed by atoms with Gasteiger partial charge in [0.1, 0.15) is 5.75 Å². The third kappa shape index (κ3) is 4.91. The Morgan fingerprint density at radius 2 is 1.42 bits per heavy atom. The molecule has 0 bridgehead atoms. The number of carbonyl (C=O) groups is 1. The highest BCUT2D eigenvalue weighted by Gasteiger charge is 2.07. The second kappa shape index (κ2) is 8.27. The van der Waals surface area contributed by atoms with E-state index < -0.39 is 0 Å². The predicted octanol–water partition coefficient (Wildman–Crippen LogP) is 5.02. The van der Waals surface area contributed by atoms with Gasteiger partial charge >= 0.3 is 0 Å². The van der Waals surface area contributed by atoms with E-state index in [0.717, 1.165) is 11.4 Å². The number of ether oxygens (including phenoxy) is 1. The molecule has 0 unspecified atom stereocenters. The molecule has 1 amide bonds. The number of thiocarbonyl (C=S) groups is 1. The SMILES string of the molecule is Cc1ccc(NC(=S)Oc2ccc(C(=O)Nc3ccccc3)cc2)cc1. The van der Waals surface area contributed by atoms with Gasteiger partial charge in [-0.1, -0.05) is 35.9 Å². The lowest BCUT2D eigenvalue weighted by Gasteiger charge is -2.10. The van der Waals surface area contributed by atoms with Crippen molar-refractivity contribution in [1.82, 2.24) is 0 Å². The maximum Gasteiger partial charge on any atom is 0.266 e. The number of hydrogen-bond donors (Lipinski definition) is 2. The second-order valence-corrected chi connectivity index (χ2v) is 6.10. The summed E-state index contributed by atoms with van der Waals surface area (Å²) in [6.07, 6.45) is 0. The van der Waals surface area contributed by atoms with Gasteiger partial charge in [-0.15, -0.1) is 0 Å². The molecule has 0 fully saturated rings. The van der Waals surface area contributed by atoms with Crippen LogP contribution in [0.3, 0.4) is 0 Å². The van der Waals surface area contributed by atoms with Crippen LogP contribution < -0.4 is 15.4 Å². The van der Waals surface area contributed by atoms with Gasteiger partial charge in [-0.05, 0) is 67.7 Å². The first-order valence-corrected chi connectivity index (χ1v) is 8.53. The fraction of sp³-hybridized carbons (Fsp3) is 0.0476. The van der Waals surface area contributed by atoms with Gasteiger partial charge in [-0.3, -0.25) is 4.79 Å². The molecule has 3 aromatic rings. The lowest BCUT2D eigenvalue weighted by atomic mass is 10.2. The van der Waals surface area contributed by atoms with E-state index in [4.69, 9.17) is 17.0 Å². The highest BCUT2D eigenvalue weighted by molar-refractivity contribution is 7.80. The van der Waals surface area contributed by atoms with Crippen molar-refractivity contribution in [2.45, 2.75) is 6.92 Å². The van der Waals surface area contributed by atoms with Crippen LogP contribution in [0.2, 0.25) is 0 Å². The fourth-order valence-corrected chi connectivity index (χ4v) is 2.50. The van der Waals surface area contributed by atoms with Gasteiger partial charge in [-0.2, -0.15) is 0 Å². The molecule has 0 aliphatic carbocycles. The number of carbonyl (C=O) groups excluding carboxylic acids is 1. The van der Waals surface area contributed by atoms with Gasteiger partial charge in [0.05, 0.1) is 0 Å². The zero-order valence-corrected chi connectivity index (χ0v) is 15.0. The maximum atomic E-state index is 12.2. The summed E-state index contributed by atoms with van der Waals surface area (Å²) in [6, 6.07) is 24.0. The van der Waals surface area contributed by atoms with E-state index in [0.29, 0.717) is 11.3 Å². The van der Waals surface area contributed by atoms with E-state index in [1.807, 2.05) is 61.5 Å². The lowest BCUT2D eigenvalue weighted by molar-refractivity contribution is 0.102. The largest absolute Gasteiger partial charge is 0.432 e. The Morgan fingerprint density at radius 1 is 0.808 bits per heavy atom. The molecule has 0 spiro atoms. The Bertz CT molecular complexity index is 892. The minimum Gasteiger partial charge on any atom is -0.432 e. The number of rotatable bonds is 4. The van der Waals surface area contributed by atoms with Gasteiger partial charge in [0.25, 0.3) is 11.1 Å². The molecule has 0 aliphatic heterocycles. The number of aryl methyl sites for hydroxylation is 1. The van der Waals surface area contributed by atoms with Gasteiger partial charge in [-0.25, -0.2) is 0 Å². The smallest absolute Gasteiger partial charge is 0.266 e. The molecule has 0 radical (unpaired) electrons. The summed E-state index contributed by atoms with van der Waals surface area (Å²) >= 11 is 5.21. The molecule has 0 aliphatic rings. The van der Waals surface area contributed by atoms with Crippen molar-refractivity contribution < 1.29 is 9.53 Å². The molecule has 0 aromatic heterocycles. The van der Waals surface area contributed by atoms with Crippen LogP contribution >= 0.6 is 12.2 Å². The van der Waals surface area contributed by atoms with Crippen LogP contribution in [-0.2, 0) is 0 Å². The third-order valence-corrected chi connectivity index (χ3v) is 3.84. The Morgan fingerprint density at radius 3 is 2.08 bits per heavy atom. The van der Waals surface area contributed by atoms with Crippen LogP contribution in [0.15, 0.2) is 78.9 Å². The molecule has 4 nitrogen and oxygen atoms in total. The minimum atomic E-state index is -0.178. The van der Waals surface area contributed by atoms with E-state index >= 15 is 0 Å². The normalized spacial score (nSPS) is 10.0. The first kappa shape index (κ1) is 17.6. The number of para-hydroxylation sites is 1. The van der Waals surface area contributed by atoms with Crippen molar-refractivity contribution in [3.8, 4) is 5.75 Å². The summed E-state index contributed by atoms with van der Waals surface area (Å²) in [6.45, 7) is 2.02. The van der Waals surface area contributed by atoms with Gasteiger partial charge in [0, 0.05) is 16.9 Å². The van der Waals surface area contributed by atoms with E-state index in [1.165, 1.54) is 5.56 Å². The molecule has 5 heteroatoms. The number of anilines is 2. The molecular weight excluding hydrogens is 344 g/mol. The first-order valence-electron chi connectivity index (χ1n) is 8.12. The van der Waals surface area contributed by atoms with Crippen LogP contribution in [0.4, 0.5) is 11.4 Å². The number of benzene rings is 3. The van der Waals surface area contributed by atoms with Crippen molar-refractivity contribution in [2.75, 3.05) is 10.6 Å². The standard InChI is InChI=1S/C21H18N2O2S/c1-15-7-11-18(12-8-15)23-21(26)25-19-13-9-16(10-14-19)20(24)22-17-5-3-2-4-6-17/h2-14H,1H3,(H,22,24)(H,23,26). The van der Waals surface area contributed by atoms with Crippen molar-refractivity contribution in [3.63, 3.8) is 0 Å². The van der Waals surface area contributed by atoms with E-state index in [-0.39, 0.29) is 11.1 Å². The summed E-state index contributed by atoms with van der Waals surface area (Å²) in [7, 11) is 0. The van der Waals surface area contributed by atoms with Crippen LogP contribution in [0.5, 0.6) is 5.75 Å². The molecule has 0 saturated heterocycles. The van der Waals surface area contributed by atoms with E-state index in [1.54, 1.807) is 24.3 Å².